The number of hydrogen-bond acceptors (Lipinski definition) is 1. The van der Waals surface area contributed by atoms with Crippen LogP contribution in [0.4, 0.5) is 5.69 Å². The van der Waals surface area contributed by atoms with Gasteiger partial charge in [0.05, 0.1) is 0 Å². The topological polar surface area (TPSA) is 48.8 Å². The van der Waals surface area contributed by atoms with Crippen LogP contribution in [0.25, 0.3) is 32.3 Å². The Labute approximate surface area is 110 Å². The van der Waals surface area contributed by atoms with Gasteiger partial charge in [0.25, 0.3) is 0 Å². The van der Waals surface area contributed by atoms with Crippen LogP contribution in [0.1, 0.15) is 0 Å². The fourth-order valence-corrected chi connectivity index (χ4v) is 2.31. The maximum atomic E-state index is 8.70. The van der Waals surface area contributed by atoms with E-state index in [-0.39, 0.29) is 0 Å². The Kier molecular flexibility index (Phi) is 2.89. The Morgan fingerprint density at radius 3 is 2.26 bits per heavy atom. The first-order valence-electron chi connectivity index (χ1n) is 6.02. The Hall–Kier alpha value is -2.77. The van der Waals surface area contributed by atoms with E-state index in [2.05, 4.69) is 22.2 Å². The normalized spacial score (nSPS) is 10.1. The van der Waals surface area contributed by atoms with Crippen molar-refractivity contribution in [2.45, 2.75) is 0 Å². The van der Waals surface area contributed by atoms with Crippen molar-refractivity contribution in [1.82, 2.24) is 0 Å². The van der Waals surface area contributed by atoms with Crippen LogP contribution in [-0.2, 0) is 0 Å². The van der Waals surface area contributed by atoms with Gasteiger partial charge in [0, 0.05) is 10.6 Å². The summed E-state index contributed by atoms with van der Waals surface area (Å²) in [7, 11) is 0. The largest absolute Gasteiger partial charge is 0.0622 e. The summed E-state index contributed by atoms with van der Waals surface area (Å²) in [4.78, 5) is 2.92. The third kappa shape index (κ3) is 2.03. The predicted molar refractivity (Wildman–Crippen MR) is 78.2 cm³/mol. The predicted octanol–water partition coefficient (Wildman–Crippen LogP) is 5.45. The van der Waals surface area contributed by atoms with Crippen molar-refractivity contribution in [3.8, 4) is 11.1 Å². The Morgan fingerprint density at radius 1 is 0.789 bits per heavy atom. The molecule has 0 radical (unpaired) electrons. The molecule has 0 N–H and O–H groups in total. The van der Waals surface area contributed by atoms with Gasteiger partial charge in [-0.3, -0.25) is 0 Å². The monoisotopic (exact) mass is 245 g/mol. The molecular weight excluding hydrogens is 234 g/mol. The Balaban J connectivity index is 2.40. The number of benzene rings is 3. The molecule has 0 fully saturated rings. The fraction of sp³-hybridized carbons (Fsp3) is 0. The lowest BCUT2D eigenvalue weighted by Gasteiger charge is -2.09. The average molecular weight is 245 g/mol. The van der Waals surface area contributed by atoms with E-state index in [0.717, 1.165) is 21.9 Å². The maximum absolute atomic E-state index is 8.70. The molecule has 0 saturated carbocycles. The molecule has 0 unspecified atom stereocenters. The van der Waals surface area contributed by atoms with Gasteiger partial charge < -0.3 is 0 Å². The molecule has 90 valence electrons. The molecule has 3 rings (SSSR count). The van der Waals surface area contributed by atoms with E-state index in [4.69, 9.17) is 5.53 Å². The minimum absolute atomic E-state index is 0.666. The summed E-state index contributed by atoms with van der Waals surface area (Å²) in [5, 5.41) is 5.87. The van der Waals surface area contributed by atoms with Gasteiger partial charge in [-0.1, -0.05) is 71.8 Å². The quantitative estimate of drug-likeness (QED) is 0.327. The molecule has 0 heterocycles. The molecule has 0 atom stereocenters. The van der Waals surface area contributed by atoms with E-state index in [1.165, 1.54) is 0 Å². The average Bonchev–Trinajstić information content (AvgIpc) is 2.48. The zero-order valence-electron chi connectivity index (χ0n) is 10.2. The first kappa shape index (κ1) is 11.3. The second-order valence-electron chi connectivity index (χ2n) is 4.24. The highest BCUT2D eigenvalue weighted by Crippen LogP contribution is 2.35. The molecule has 0 saturated heterocycles. The summed E-state index contributed by atoms with van der Waals surface area (Å²) in [5.74, 6) is 0. The molecule has 0 aromatic heterocycles. The third-order valence-electron chi connectivity index (χ3n) is 3.12. The van der Waals surface area contributed by atoms with Crippen molar-refractivity contribution in [2.24, 2.45) is 5.11 Å². The van der Waals surface area contributed by atoms with Gasteiger partial charge >= 0.3 is 0 Å². The Morgan fingerprint density at radius 2 is 1.53 bits per heavy atom. The van der Waals surface area contributed by atoms with Crippen molar-refractivity contribution >= 4 is 16.5 Å². The second kappa shape index (κ2) is 4.84. The highest BCUT2D eigenvalue weighted by Gasteiger charge is 2.06. The summed E-state index contributed by atoms with van der Waals surface area (Å²) in [5.41, 5.74) is 11.6. The van der Waals surface area contributed by atoms with Gasteiger partial charge in [-0.25, -0.2) is 0 Å². The smallest absolute Gasteiger partial charge is 0.0460 e. The zero-order valence-corrected chi connectivity index (χ0v) is 10.2. The van der Waals surface area contributed by atoms with Crippen LogP contribution >= 0.6 is 0 Å². The highest BCUT2D eigenvalue weighted by atomic mass is 15.1. The lowest BCUT2D eigenvalue weighted by Crippen LogP contribution is -1.81. The van der Waals surface area contributed by atoms with E-state index in [0.29, 0.717) is 5.69 Å². The number of hydrogen-bond donors (Lipinski definition) is 0. The molecule has 3 heteroatoms. The SMILES string of the molecule is [N-]=[N+]=Nc1cccc2cccc(-c3ccccc3)c12. The van der Waals surface area contributed by atoms with Gasteiger partial charge in [-0.15, -0.1) is 0 Å². The molecule has 0 aliphatic carbocycles. The fourth-order valence-electron chi connectivity index (χ4n) is 2.31. The van der Waals surface area contributed by atoms with Crippen LogP contribution in [0.5, 0.6) is 0 Å². The summed E-state index contributed by atoms with van der Waals surface area (Å²) >= 11 is 0. The number of nitrogens with zero attached hydrogens (tertiary/aromatic N) is 3. The molecule has 0 aliphatic rings. The minimum atomic E-state index is 0.666. The molecule has 3 aromatic rings. The molecule has 0 bridgehead atoms. The Bertz CT molecular complexity index is 767. The second-order valence-corrected chi connectivity index (χ2v) is 4.24. The molecule has 3 nitrogen and oxygen atoms in total. The van der Waals surface area contributed by atoms with Crippen molar-refractivity contribution < 1.29 is 0 Å². The van der Waals surface area contributed by atoms with Crippen molar-refractivity contribution in [3.05, 3.63) is 77.2 Å². The summed E-state index contributed by atoms with van der Waals surface area (Å²) in [6.45, 7) is 0. The molecule has 0 amide bonds. The highest BCUT2D eigenvalue weighted by molar-refractivity contribution is 6.03. The number of fused-ring (bicyclic) bond motifs is 1. The molecule has 19 heavy (non-hydrogen) atoms. The minimum Gasteiger partial charge on any atom is -0.0622 e. The standard InChI is InChI=1S/C16H11N3/c17-19-18-15-11-5-9-13-8-4-10-14(16(13)15)12-6-2-1-3-7-12/h1-11H. The number of azide groups is 1. The van der Waals surface area contributed by atoms with Gasteiger partial charge in [-0.2, -0.15) is 0 Å². The van der Waals surface area contributed by atoms with Crippen LogP contribution in [0.3, 0.4) is 0 Å². The molecule has 3 aromatic carbocycles. The van der Waals surface area contributed by atoms with Crippen LogP contribution < -0.4 is 0 Å². The summed E-state index contributed by atoms with van der Waals surface area (Å²) in [6.07, 6.45) is 0. The molecule has 0 aliphatic heterocycles. The lowest BCUT2D eigenvalue weighted by atomic mass is 9.97. The van der Waals surface area contributed by atoms with Gasteiger partial charge in [0.1, 0.15) is 0 Å². The van der Waals surface area contributed by atoms with Crippen molar-refractivity contribution in [3.63, 3.8) is 0 Å². The van der Waals surface area contributed by atoms with E-state index >= 15 is 0 Å². The summed E-state index contributed by atoms with van der Waals surface area (Å²) in [6, 6.07) is 22.0. The van der Waals surface area contributed by atoms with Gasteiger partial charge in [0.2, 0.25) is 0 Å². The number of rotatable bonds is 2. The van der Waals surface area contributed by atoms with Gasteiger partial charge in [0.15, 0.2) is 0 Å². The zero-order chi connectivity index (χ0) is 13.1. The van der Waals surface area contributed by atoms with Crippen molar-refractivity contribution in [1.29, 1.82) is 0 Å². The van der Waals surface area contributed by atoms with E-state index in [9.17, 15) is 0 Å². The van der Waals surface area contributed by atoms with Crippen LogP contribution in [0, 0.1) is 0 Å². The van der Waals surface area contributed by atoms with Crippen LogP contribution in [0.2, 0.25) is 0 Å². The van der Waals surface area contributed by atoms with Gasteiger partial charge in [-0.05, 0) is 27.4 Å². The van der Waals surface area contributed by atoms with Crippen LogP contribution in [0.15, 0.2) is 71.8 Å². The van der Waals surface area contributed by atoms with E-state index in [1.54, 1.807) is 0 Å². The molecular formula is C16H11N3. The lowest BCUT2D eigenvalue weighted by molar-refractivity contribution is 1.51. The first-order valence-corrected chi connectivity index (χ1v) is 6.02. The van der Waals surface area contributed by atoms with Crippen molar-refractivity contribution in [2.75, 3.05) is 0 Å². The van der Waals surface area contributed by atoms with Crippen LogP contribution in [-0.4, -0.2) is 0 Å². The van der Waals surface area contributed by atoms with E-state index < -0.39 is 0 Å². The van der Waals surface area contributed by atoms with E-state index in [1.807, 2.05) is 54.6 Å². The maximum Gasteiger partial charge on any atom is 0.0460 e. The first-order chi connectivity index (χ1) is 9.40. The summed E-state index contributed by atoms with van der Waals surface area (Å²) < 4.78 is 0. The molecule has 0 spiro atoms. The third-order valence-corrected chi connectivity index (χ3v) is 3.12.